The van der Waals surface area contributed by atoms with Gasteiger partial charge in [-0.25, -0.2) is 15.0 Å². The van der Waals surface area contributed by atoms with Gasteiger partial charge in [-0.05, 0) is 64.6 Å². The monoisotopic (exact) mass is 718 g/mol. The van der Waals surface area contributed by atoms with E-state index in [1.165, 1.54) is 22.1 Å². The lowest BCUT2D eigenvalue weighted by Gasteiger charge is -2.21. The van der Waals surface area contributed by atoms with Crippen LogP contribution >= 0.6 is 0 Å². The van der Waals surface area contributed by atoms with Crippen molar-refractivity contribution in [2.75, 3.05) is 0 Å². The van der Waals surface area contributed by atoms with Gasteiger partial charge >= 0.3 is 0 Å². The van der Waals surface area contributed by atoms with Crippen molar-refractivity contribution >= 4 is 38.9 Å². The molecule has 0 radical (unpaired) electrons. The maximum absolute atomic E-state index is 6.57. The molecule has 1 aliphatic rings. The minimum absolute atomic E-state index is 0.0970. The minimum atomic E-state index is -0.0970. The average Bonchev–Trinajstić information content (AvgIpc) is 3.83. The zero-order chi connectivity index (χ0) is 37.0. The summed E-state index contributed by atoms with van der Waals surface area (Å²) >= 11 is 0. The van der Waals surface area contributed by atoms with Crippen LogP contribution in [-0.2, 0) is 0 Å². The summed E-state index contributed by atoms with van der Waals surface area (Å²) in [5.74, 6) is 1.98. The van der Waals surface area contributed by atoms with Crippen molar-refractivity contribution < 1.29 is 4.42 Å². The van der Waals surface area contributed by atoms with Crippen molar-refractivity contribution in [3.05, 3.63) is 199 Å². The number of rotatable bonds is 6. The normalized spacial score (nSPS) is 13.8. The van der Waals surface area contributed by atoms with E-state index in [1.54, 1.807) is 0 Å². The van der Waals surface area contributed by atoms with E-state index in [0.717, 1.165) is 73.3 Å². The Morgan fingerprint density at radius 3 is 1.82 bits per heavy atom. The van der Waals surface area contributed by atoms with Gasteiger partial charge in [0.05, 0.1) is 22.8 Å². The van der Waals surface area contributed by atoms with E-state index in [1.807, 2.05) is 36.4 Å². The van der Waals surface area contributed by atoms with E-state index >= 15 is 0 Å². The first-order valence-electron chi connectivity index (χ1n) is 19.0. The van der Waals surface area contributed by atoms with Crippen LogP contribution in [0.2, 0.25) is 0 Å². The van der Waals surface area contributed by atoms with Gasteiger partial charge in [0.2, 0.25) is 0 Å². The van der Waals surface area contributed by atoms with Crippen LogP contribution in [0.25, 0.3) is 89.6 Å². The number of fused-ring (bicyclic) bond motifs is 6. The second-order valence-electron chi connectivity index (χ2n) is 14.3. The number of para-hydroxylation sites is 3. The molecule has 1 unspecified atom stereocenters. The smallest absolute Gasteiger partial charge is 0.163 e. The van der Waals surface area contributed by atoms with E-state index < -0.39 is 0 Å². The predicted molar refractivity (Wildman–Crippen MR) is 228 cm³/mol. The number of nitrogens with zero attached hydrogens (tertiary/aromatic N) is 4. The van der Waals surface area contributed by atoms with E-state index in [0.29, 0.717) is 11.6 Å². The van der Waals surface area contributed by atoms with Gasteiger partial charge < -0.3 is 8.98 Å². The molecule has 3 heterocycles. The van der Waals surface area contributed by atoms with Crippen LogP contribution < -0.4 is 0 Å². The van der Waals surface area contributed by atoms with Crippen molar-refractivity contribution in [2.24, 2.45) is 0 Å². The van der Waals surface area contributed by atoms with Gasteiger partial charge in [0.1, 0.15) is 11.4 Å². The SMILES string of the molecule is C1=Cc2c(c3ccccc3n2-c2cccc3c2oc2ccccc23)C(c2nc(-c3ccccc3)nc(-c3ccc(-c4cccc(-c5ccccc5)c4)cc3)n2)C1. The van der Waals surface area contributed by atoms with Crippen LogP contribution in [0.5, 0.6) is 0 Å². The van der Waals surface area contributed by atoms with Crippen LogP contribution in [0.1, 0.15) is 29.4 Å². The quantitative estimate of drug-likeness (QED) is 0.172. The Morgan fingerprint density at radius 2 is 1.05 bits per heavy atom. The van der Waals surface area contributed by atoms with Gasteiger partial charge in [-0.1, -0.05) is 158 Å². The van der Waals surface area contributed by atoms with E-state index in [9.17, 15) is 0 Å². The van der Waals surface area contributed by atoms with Crippen LogP contribution in [0, 0.1) is 0 Å². The van der Waals surface area contributed by atoms with E-state index in [2.05, 4.69) is 156 Å². The molecule has 56 heavy (non-hydrogen) atoms. The van der Waals surface area contributed by atoms with Crippen molar-refractivity contribution in [1.29, 1.82) is 0 Å². The zero-order valence-electron chi connectivity index (χ0n) is 30.4. The van der Waals surface area contributed by atoms with Gasteiger partial charge in [0.15, 0.2) is 17.2 Å². The van der Waals surface area contributed by atoms with Crippen molar-refractivity contribution in [1.82, 2.24) is 19.5 Å². The largest absolute Gasteiger partial charge is 0.454 e. The summed E-state index contributed by atoms with van der Waals surface area (Å²) in [6, 6.07) is 61.3. The molecule has 11 rings (SSSR count). The summed E-state index contributed by atoms with van der Waals surface area (Å²) in [7, 11) is 0. The number of hydrogen-bond donors (Lipinski definition) is 0. The molecule has 0 N–H and O–H groups in total. The third kappa shape index (κ3) is 5.36. The molecule has 0 spiro atoms. The Bertz CT molecular complexity index is 3100. The Kier molecular flexibility index (Phi) is 7.56. The average molecular weight is 719 g/mol. The molecular weight excluding hydrogens is 685 g/mol. The van der Waals surface area contributed by atoms with Gasteiger partial charge in [-0.3, -0.25) is 0 Å². The minimum Gasteiger partial charge on any atom is -0.454 e. The molecule has 0 fully saturated rings. The molecule has 5 nitrogen and oxygen atoms in total. The van der Waals surface area contributed by atoms with Crippen LogP contribution in [0.15, 0.2) is 186 Å². The fourth-order valence-electron chi connectivity index (χ4n) is 8.37. The van der Waals surface area contributed by atoms with Crippen LogP contribution in [0.3, 0.4) is 0 Å². The van der Waals surface area contributed by atoms with Crippen molar-refractivity contribution in [2.45, 2.75) is 12.3 Å². The topological polar surface area (TPSA) is 56.7 Å². The summed E-state index contributed by atoms with van der Waals surface area (Å²) in [4.78, 5) is 15.6. The molecule has 0 bridgehead atoms. The summed E-state index contributed by atoms with van der Waals surface area (Å²) in [5, 5.41) is 3.39. The first-order valence-corrected chi connectivity index (χ1v) is 19.0. The highest BCUT2D eigenvalue weighted by Crippen LogP contribution is 2.44. The second kappa shape index (κ2) is 13.2. The molecule has 0 saturated heterocycles. The van der Waals surface area contributed by atoms with Crippen LogP contribution in [0.4, 0.5) is 0 Å². The highest BCUT2D eigenvalue weighted by molar-refractivity contribution is 6.08. The lowest BCUT2D eigenvalue weighted by molar-refractivity contribution is 0.665. The number of hydrogen-bond acceptors (Lipinski definition) is 4. The van der Waals surface area contributed by atoms with E-state index in [-0.39, 0.29) is 5.92 Å². The fourth-order valence-corrected chi connectivity index (χ4v) is 8.37. The third-order valence-corrected chi connectivity index (χ3v) is 11.0. The predicted octanol–water partition coefficient (Wildman–Crippen LogP) is 12.9. The second-order valence-corrected chi connectivity index (χ2v) is 14.3. The Labute approximate surface area is 323 Å². The molecule has 0 amide bonds. The highest BCUT2D eigenvalue weighted by Gasteiger charge is 2.30. The lowest BCUT2D eigenvalue weighted by atomic mass is 9.88. The lowest BCUT2D eigenvalue weighted by Crippen LogP contribution is -2.13. The van der Waals surface area contributed by atoms with Gasteiger partial charge in [-0.15, -0.1) is 0 Å². The number of furan rings is 1. The molecule has 5 heteroatoms. The molecule has 7 aromatic carbocycles. The Balaban J connectivity index is 1.05. The van der Waals surface area contributed by atoms with Crippen molar-refractivity contribution in [3.8, 4) is 50.7 Å². The molecular formula is C51H34N4O. The molecule has 0 aliphatic heterocycles. The third-order valence-electron chi connectivity index (χ3n) is 11.0. The highest BCUT2D eigenvalue weighted by atomic mass is 16.3. The first-order chi connectivity index (χ1) is 27.8. The molecule has 1 atom stereocenters. The van der Waals surface area contributed by atoms with Gasteiger partial charge in [-0.2, -0.15) is 0 Å². The first kappa shape index (κ1) is 32.1. The van der Waals surface area contributed by atoms with Gasteiger partial charge in [0, 0.05) is 27.3 Å². The summed E-state index contributed by atoms with van der Waals surface area (Å²) in [6.45, 7) is 0. The number of aromatic nitrogens is 4. The number of benzene rings is 7. The van der Waals surface area contributed by atoms with Gasteiger partial charge in [0.25, 0.3) is 0 Å². The zero-order valence-corrected chi connectivity index (χ0v) is 30.4. The molecule has 0 saturated carbocycles. The molecule has 1 aliphatic carbocycles. The maximum atomic E-state index is 6.57. The molecule has 3 aromatic heterocycles. The molecule has 10 aromatic rings. The van der Waals surface area contributed by atoms with Crippen LogP contribution in [-0.4, -0.2) is 19.5 Å². The van der Waals surface area contributed by atoms with E-state index in [4.69, 9.17) is 19.4 Å². The summed E-state index contributed by atoms with van der Waals surface area (Å²) < 4.78 is 8.92. The fraction of sp³-hybridized carbons (Fsp3) is 0.0392. The molecule has 264 valence electrons. The Morgan fingerprint density at radius 1 is 0.482 bits per heavy atom. The maximum Gasteiger partial charge on any atom is 0.163 e. The summed E-state index contributed by atoms with van der Waals surface area (Å²) in [6.07, 6.45) is 5.27. The summed E-state index contributed by atoms with van der Waals surface area (Å²) in [5.41, 5.74) is 12.8. The van der Waals surface area contributed by atoms with Crippen molar-refractivity contribution in [3.63, 3.8) is 0 Å². The Hall–Kier alpha value is -7.37. The standard InChI is InChI=1S/C51H34N4O/c1-3-14-33(15-4-1)37-18-11-19-38(32-37)34-28-30-36(31-29-34)50-52-49(35-16-5-2-6-17-35)53-51(54-50)42-23-13-25-44-47(42)41-21-7-9-24-43(41)55(44)45-26-12-22-40-39-20-8-10-27-46(39)56-48(40)45/h1-22,24-32,42H,23H2. The number of allylic oxidation sites excluding steroid dienone is 1.